The minimum Gasteiger partial charge on any atom is -0.340 e. The van der Waals surface area contributed by atoms with Crippen LogP contribution in [-0.2, 0) is 17.8 Å². The molecule has 2 aromatic rings. The van der Waals surface area contributed by atoms with Gasteiger partial charge in [0.25, 0.3) is 0 Å². The van der Waals surface area contributed by atoms with Gasteiger partial charge in [-0.1, -0.05) is 25.0 Å². The first kappa shape index (κ1) is 16.9. The fourth-order valence-electron chi connectivity index (χ4n) is 4.74. The Hall–Kier alpha value is -2.25. The van der Waals surface area contributed by atoms with Crippen molar-refractivity contribution in [3.05, 3.63) is 41.5 Å². The van der Waals surface area contributed by atoms with Crippen molar-refractivity contribution < 1.29 is 9.18 Å². The van der Waals surface area contributed by atoms with E-state index in [0.717, 1.165) is 36.2 Å². The lowest BCUT2D eigenvalue weighted by atomic mass is 9.81. The Labute approximate surface area is 157 Å². The number of hydrogen-bond donors (Lipinski definition) is 3. The van der Waals surface area contributed by atoms with Gasteiger partial charge in [-0.15, -0.1) is 0 Å². The summed E-state index contributed by atoms with van der Waals surface area (Å²) >= 11 is 0. The number of amides is 1. The summed E-state index contributed by atoms with van der Waals surface area (Å²) in [5.41, 5.74) is 9.24. The number of H-pyrrole nitrogens is 1. The molecule has 0 radical (unpaired) electrons. The number of nitrogens with one attached hydrogen (secondary N) is 3. The van der Waals surface area contributed by atoms with Crippen LogP contribution in [0.15, 0.2) is 24.3 Å². The van der Waals surface area contributed by atoms with E-state index in [1.54, 1.807) is 6.07 Å². The summed E-state index contributed by atoms with van der Waals surface area (Å²) < 4.78 is 13.5. The number of imidazole rings is 1. The van der Waals surface area contributed by atoms with E-state index in [-0.39, 0.29) is 17.8 Å². The van der Waals surface area contributed by atoms with Gasteiger partial charge in [0, 0.05) is 30.5 Å². The third-order valence-corrected chi connectivity index (χ3v) is 6.18. The first-order valence-corrected chi connectivity index (χ1v) is 9.82. The summed E-state index contributed by atoms with van der Waals surface area (Å²) in [5, 5.41) is 0. The minimum absolute atomic E-state index is 0.137. The quantitative estimate of drug-likeness (QED) is 0.758. The average Bonchev–Trinajstić information content (AvgIpc) is 3.31. The normalized spacial score (nSPS) is 27.3. The molecule has 3 atom stereocenters. The van der Waals surface area contributed by atoms with Crippen LogP contribution in [0.5, 0.6) is 0 Å². The van der Waals surface area contributed by atoms with Gasteiger partial charge in [-0.3, -0.25) is 10.2 Å². The molecule has 142 valence electrons. The third kappa shape index (κ3) is 3.04. The van der Waals surface area contributed by atoms with Crippen LogP contribution in [0, 0.1) is 11.7 Å². The molecule has 3 N–H and O–H groups in total. The Morgan fingerprint density at radius 2 is 2.11 bits per heavy atom. The molecule has 27 heavy (non-hydrogen) atoms. The molecule has 3 heterocycles. The van der Waals surface area contributed by atoms with Gasteiger partial charge in [-0.2, -0.15) is 0 Å². The summed E-state index contributed by atoms with van der Waals surface area (Å²) in [6.07, 6.45) is 5.41. The largest absolute Gasteiger partial charge is 0.340 e. The highest BCUT2D eigenvalue weighted by Crippen LogP contribution is 2.32. The topological polar surface area (TPSA) is 73.1 Å². The zero-order chi connectivity index (χ0) is 18.4. The van der Waals surface area contributed by atoms with Crippen LogP contribution in [0.4, 0.5) is 4.39 Å². The second kappa shape index (κ2) is 6.73. The fraction of sp³-hybridized carbons (Fsp3) is 0.500. The Kier molecular flexibility index (Phi) is 4.21. The van der Waals surface area contributed by atoms with Crippen LogP contribution in [0.1, 0.15) is 37.1 Å². The summed E-state index contributed by atoms with van der Waals surface area (Å²) in [5.74, 6) is 0.948. The number of benzene rings is 1. The van der Waals surface area contributed by atoms with Crippen molar-refractivity contribution in [3.63, 3.8) is 0 Å². The van der Waals surface area contributed by atoms with Gasteiger partial charge in [0.1, 0.15) is 17.7 Å². The van der Waals surface area contributed by atoms with Crippen molar-refractivity contribution in [3.8, 4) is 11.4 Å². The first-order valence-electron chi connectivity index (χ1n) is 9.82. The summed E-state index contributed by atoms with van der Waals surface area (Å²) in [6, 6.07) is 6.70. The SMILES string of the molecule is O=C(C1NNC2CCCCC21)N1CCc2nc(-c3cccc(F)c3)[nH]c2C1. The van der Waals surface area contributed by atoms with E-state index >= 15 is 0 Å². The Morgan fingerprint density at radius 1 is 1.22 bits per heavy atom. The molecule has 3 unspecified atom stereocenters. The second-order valence-corrected chi connectivity index (χ2v) is 7.85. The van der Waals surface area contributed by atoms with Crippen LogP contribution < -0.4 is 10.9 Å². The molecule has 0 spiro atoms. The predicted molar refractivity (Wildman–Crippen MR) is 98.9 cm³/mol. The van der Waals surface area contributed by atoms with Crippen molar-refractivity contribution in [2.75, 3.05) is 6.54 Å². The number of rotatable bonds is 2. The molecule has 0 bridgehead atoms. The Morgan fingerprint density at radius 3 is 3.00 bits per heavy atom. The molecule has 1 saturated heterocycles. The molecule has 1 aliphatic carbocycles. The number of fused-ring (bicyclic) bond motifs is 2. The lowest BCUT2D eigenvalue weighted by Gasteiger charge is -2.32. The van der Waals surface area contributed by atoms with Crippen LogP contribution in [-0.4, -0.2) is 39.4 Å². The number of aromatic amines is 1. The molecular formula is C20H24FN5O. The smallest absolute Gasteiger partial charge is 0.241 e. The van der Waals surface area contributed by atoms with Crippen molar-refractivity contribution in [1.82, 2.24) is 25.7 Å². The zero-order valence-electron chi connectivity index (χ0n) is 15.2. The van der Waals surface area contributed by atoms with E-state index < -0.39 is 0 Å². The molecule has 1 saturated carbocycles. The summed E-state index contributed by atoms with van der Waals surface area (Å²) in [6.45, 7) is 1.21. The molecule has 1 aromatic carbocycles. The molecule has 1 amide bonds. The van der Waals surface area contributed by atoms with Crippen LogP contribution in [0.25, 0.3) is 11.4 Å². The molecule has 2 fully saturated rings. The number of aromatic nitrogens is 2. The van der Waals surface area contributed by atoms with Crippen LogP contribution in [0.2, 0.25) is 0 Å². The van der Waals surface area contributed by atoms with Gasteiger partial charge >= 0.3 is 0 Å². The number of carbonyl (C=O) groups excluding carboxylic acids is 1. The number of carbonyl (C=O) groups is 1. The van der Waals surface area contributed by atoms with Crippen LogP contribution in [0.3, 0.4) is 0 Å². The Bertz CT molecular complexity index is 866. The van der Waals surface area contributed by atoms with Gasteiger partial charge < -0.3 is 9.88 Å². The van der Waals surface area contributed by atoms with Crippen molar-refractivity contribution in [1.29, 1.82) is 0 Å². The van der Waals surface area contributed by atoms with Gasteiger partial charge in [0.05, 0.1) is 17.9 Å². The number of nitrogens with zero attached hydrogens (tertiary/aromatic N) is 2. The van der Waals surface area contributed by atoms with E-state index in [1.807, 2.05) is 11.0 Å². The zero-order valence-corrected chi connectivity index (χ0v) is 15.2. The van der Waals surface area contributed by atoms with Crippen molar-refractivity contribution in [2.24, 2.45) is 5.92 Å². The van der Waals surface area contributed by atoms with E-state index in [9.17, 15) is 9.18 Å². The van der Waals surface area contributed by atoms with E-state index in [1.165, 1.54) is 25.0 Å². The highest BCUT2D eigenvalue weighted by molar-refractivity contribution is 5.83. The lowest BCUT2D eigenvalue weighted by molar-refractivity contribution is -0.135. The van der Waals surface area contributed by atoms with Gasteiger partial charge in [0.2, 0.25) is 5.91 Å². The maximum absolute atomic E-state index is 13.5. The molecule has 3 aliphatic rings. The van der Waals surface area contributed by atoms with Crippen molar-refractivity contribution >= 4 is 5.91 Å². The van der Waals surface area contributed by atoms with E-state index in [2.05, 4.69) is 20.8 Å². The van der Waals surface area contributed by atoms with E-state index in [4.69, 9.17) is 0 Å². The maximum atomic E-state index is 13.5. The maximum Gasteiger partial charge on any atom is 0.241 e. The first-order chi connectivity index (χ1) is 13.2. The molecule has 7 heteroatoms. The molecule has 6 nitrogen and oxygen atoms in total. The number of halogens is 1. The Balaban J connectivity index is 1.33. The van der Waals surface area contributed by atoms with E-state index in [0.29, 0.717) is 30.9 Å². The summed E-state index contributed by atoms with van der Waals surface area (Å²) in [4.78, 5) is 23.0. The lowest BCUT2D eigenvalue weighted by Crippen LogP contribution is -2.49. The summed E-state index contributed by atoms with van der Waals surface area (Å²) in [7, 11) is 0. The molecule has 2 aliphatic heterocycles. The van der Waals surface area contributed by atoms with Gasteiger partial charge in [-0.05, 0) is 25.0 Å². The number of hydrogen-bond acceptors (Lipinski definition) is 4. The molecule has 5 rings (SSSR count). The minimum atomic E-state index is -0.277. The van der Waals surface area contributed by atoms with Crippen LogP contribution >= 0.6 is 0 Å². The fourth-order valence-corrected chi connectivity index (χ4v) is 4.74. The highest BCUT2D eigenvalue weighted by atomic mass is 19.1. The molecule has 1 aromatic heterocycles. The average molecular weight is 369 g/mol. The molecular weight excluding hydrogens is 345 g/mol. The van der Waals surface area contributed by atoms with Crippen molar-refractivity contribution in [2.45, 2.75) is 50.7 Å². The number of hydrazine groups is 1. The standard InChI is InChI=1S/C20H24FN5O/c21-13-5-3-4-12(10-13)19-22-16-8-9-26(11-17(16)23-19)20(27)18-14-6-1-2-7-15(14)24-25-18/h3-5,10,14-15,18,24-25H,1-2,6-9,11H2,(H,22,23). The van der Waals surface area contributed by atoms with Gasteiger partial charge in [0.15, 0.2) is 0 Å². The predicted octanol–water partition coefficient (Wildman–Crippen LogP) is 2.14. The second-order valence-electron chi connectivity index (χ2n) is 7.85. The van der Waals surface area contributed by atoms with Gasteiger partial charge in [-0.25, -0.2) is 14.8 Å². The third-order valence-electron chi connectivity index (χ3n) is 6.18. The monoisotopic (exact) mass is 369 g/mol. The highest BCUT2D eigenvalue weighted by Gasteiger charge is 2.43.